The minimum Gasteiger partial charge on any atom is -0.491 e. The number of aromatic nitrogens is 1. The standard InChI is InChI=1S/C25H22ClN3O4/c1-15-5-4-6-22(33-10-9-23(30)31)24(15)29(3)25(32)17-7-8-21(26)19(12-17)20-14-28-18(13-27)11-16(20)2/h4-8,11-12,14H,9-10H2,1-3H3,(H,30,31). The smallest absolute Gasteiger partial charge is 0.306 e. The van der Waals surface area contributed by atoms with Gasteiger partial charge in [-0.1, -0.05) is 23.7 Å². The molecule has 168 valence electrons. The van der Waals surface area contributed by atoms with Crippen molar-refractivity contribution in [3.8, 4) is 22.9 Å². The van der Waals surface area contributed by atoms with E-state index in [1.165, 1.54) is 4.90 Å². The van der Waals surface area contributed by atoms with Crippen molar-refractivity contribution in [2.45, 2.75) is 20.3 Å². The number of rotatable bonds is 7. The molecule has 0 aliphatic rings. The number of nitriles is 1. The second-order valence-electron chi connectivity index (χ2n) is 7.47. The van der Waals surface area contributed by atoms with Crippen molar-refractivity contribution in [1.29, 1.82) is 5.26 Å². The van der Waals surface area contributed by atoms with Gasteiger partial charge in [0.15, 0.2) is 0 Å². The van der Waals surface area contributed by atoms with E-state index in [0.29, 0.717) is 33.3 Å². The molecule has 0 atom stereocenters. The highest BCUT2D eigenvalue weighted by Crippen LogP contribution is 2.34. The van der Waals surface area contributed by atoms with Gasteiger partial charge in [0.25, 0.3) is 5.91 Å². The van der Waals surface area contributed by atoms with E-state index < -0.39 is 5.97 Å². The monoisotopic (exact) mass is 463 g/mol. The molecule has 8 heteroatoms. The number of pyridine rings is 1. The first kappa shape index (κ1) is 23.8. The molecule has 0 unspecified atom stereocenters. The van der Waals surface area contributed by atoms with E-state index in [0.717, 1.165) is 16.7 Å². The molecule has 0 spiro atoms. The topological polar surface area (TPSA) is 104 Å². The zero-order valence-electron chi connectivity index (χ0n) is 18.4. The minimum atomic E-state index is -0.963. The van der Waals surface area contributed by atoms with Gasteiger partial charge in [-0.25, -0.2) is 4.98 Å². The number of amides is 1. The van der Waals surface area contributed by atoms with Gasteiger partial charge in [-0.2, -0.15) is 5.26 Å². The molecule has 1 heterocycles. The molecule has 33 heavy (non-hydrogen) atoms. The number of benzene rings is 2. The first-order valence-electron chi connectivity index (χ1n) is 10.1. The Morgan fingerprint density at radius 3 is 2.58 bits per heavy atom. The lowest BCUT2D eigenvalue weighted by Gasteiger charge is -2.23. The second kappa shape index (κ2) is 10.2. The van der Waals surface area contributed by atoms with Crippen LogP contribution in [0.25, 0.3) is 11.1 Å². The van der Waals surface area contributed by atoms with E-state index in [1.54, 1.807) is 49.6 Å². The highest BCUT2D eigenvalue weighted by Gasteiger charge is 2.21. The van der Waals surface area contributed by atoms with Gasteiger partial charge in [0.1, 0.15) is 17.5 Å². The van der Waals surface area contributed by atoms with Crippen LogP contribution in [0.5, 0.6) is 5.75 Å². The van der Waals surface area contributed by atoms with Crippen LogP contribution < -0.4 is 9.64 Å². The molecule has 1 N–H and O–H groups in total. The Hall–Kier alpha value is -3.89. The molecule has 3 rings (SSSR count). The van der Waals surface area contributed by atoms with Crippen molar-refractivity contribution in [2.75, 3.05) is 18.6 Å². The van der Waals surface area contributed by atoms with Crippen LogP contribution >= 0.6 is 11.6 Å². The van der Waals surface area contributed by atoms with Crippen molar-refractivity contribution < 1.29 is 19.4 Å². The summed E-state index contributed by atoms with van der Waals surface area (Å²) in [5.41, 5.74) is 4.24. The molecule has 1 aromatic heterocycles. The molecule has 2 aromatic carbocycles. The predicted octanol–water partition coefficient (Wildman–Crippen LogP) is 5.02. The van der Waals surface area contributed by atoms with E-state index in [9.17, 15) is 9.59 Å². The molecule has 0 bridgehead atoms. The van der Waals surface area contributed by atoms with Crippen LogP contribution in [0.2, 0.25) is 5.02 Å². The van der Waals surface area contributed by atoms with Gasteiger partial charge in [-0.3, -0.25) is 9.59 Å². The highest BCUT2D eigenvalue weighted by molar-refractivity contribution is 6.33. The molecule has 0 aliphatic carbocycles. The molecular weight excluding hydrogens is 442 g/mol. The average Bonchev–Trinajstić information content (AvgIpc) is 2.78. The largest absolute Gasteiger partial charge is 0.491 e. The van der Waals surface area contributed by atoms with Gasteiger partial charge in [0.2, 0.25) is 0 Å². The molecule has 0 aliphatic heterocycles. The molecule has 3 aromatic rings. The van der Waals surface area contributed by atoms with Crippen LogP contribution in [0.3, 0.4) is 0 Å². The van der Waals surface area contributed by atoms with Crippen LogP contribution in [0.4, 0.5) is 5.69 Å². The van der Waals surface area contributed by atoms with Crippen molar-refractivity contribution >= 4 is 29.2 Å². The summed E-state index contributed by atoms with van der Waals surface area (Å²) in [6.45, 7) is 3.69. The van der Waals surface area contributed by atoms with E-state index in [4.69, 9.17) is 26.7 Å². The van der Waals surface area contributed by atoms with Crippen LogP contribution in [-0.2, 0) is 4.79 Å². The third-order valence-electron chi connectivity index (χ3n) is 5.14. The van der Waals surface area contributed by atoms with Crippen molar-refractivity contribution in [1.82, 2.24) is 4.98 Å². The van der Waals surface area contributed by atoms with Gasteiger partial charge in [-0.15, -0.1) is 0 Å². The lowest BCUT2D eigenvalue weighted by Crippen LogP contribution is -2.27. The Morgan fingerprint density at radius 2 is 1.91 bits per heavy atom. The molecule has 0 fully saturated rings. The van der Waals surface area contributed by atoms with E-state index in [-0.39, 0.29) is 18.9 Å². The summed E-state index contributed by atoms with van der Waals surface area (Å²) in [5.74, 6) is -0.826. The first-order valence-corrected chi connectivity index (χ1v) is 10.5. The molecule has 0 saturated heterocycles. The predicted molar refractivity (Wildman–Crippen MR) is 126 cm³/mol. The van der Waals surface area contributed by atoms with Gasteiger partial charge in [-0.05, 0) is 55.3 Å². The fraction of sp³-hybridized carbons (Fsp3) is 0.200. The van der Waals surface area contributed by atoms with Crippen LogP contribution in [-0.4, -0.2) is 35.6 Å². The molecule has 7 nitrogen and oxygen atoms in total. The van der Waals surface area contributed by atoms with Crippen molar-refractivity contribution in [3.05, 3.63) is 76.1 Å². The number of carboxylic acids is 1. The fourth-order valence-electron chi connectivity index (χ4n) is 3.49. The van der Waals surface area contributed by atoms with E-state index in [1.807, 2.05) is 26.0 Å². The summed E-state index contributed by atoms with van der Waals surface area (Å²) in [6.07, 6.45) is 1.42. The highest BCUT2D eigenvalue weighted by atomic mass is 35.5. The SMILES string of the molecule is Cc1cc(C#N)ncc1-c1cc(C(=O)N(C)c2c(C)cccc2OCCC(=O)O)ccc1Cl. The van der Waals surface area contributed by atoms with E-state index in [2.05, 4.69) is 4.98 Å². The maximum Gasteiger partial charge on any atom is 0.306 e. The average molecular weight is 464 g/mol. The fourth-order valence-corrected chi connectivity index (χ4v) is 3.70. The summed E-state index contributed by atoms with van der Waals surface area (Å²) in [4.78, 5) is 29.8. The van der Waals surface area contributed by atoms with Gasteiger partial charge in [0.05, 0.1) is 18.7 Å². The van der Waals surface area contributed by atoms with Crippen molar-refractivity contribution in [2.24, 2.45) is 0 Å². The maximum absolute atomic E-state index is 13.4. The summed E-state index contributed by atoms with van der Waals surface area (Å²) in [7, 11) is 1.64. The Morgan fingerprint density at radius 1 is 1.15 bits per heavy atom. The number of halogens is 1. The number of para-hydroxylation sites is 1. The number of nitrogens with zero attached hydrogens (tertiary/aromatic N) is 3. The molecular formula is C25H22ClN3O4. The minimum absolute atomic E-state index is 0.0100. The number of hydrogen-bond donors (Lipinski definition) is 1. The number of carbonyl (C=O) groups is 2. The third kappa shape index (κ3) is 5.30. The van der Waals surface area contributed by atoms with Crippen molar-refractivity contribution in [3.63, 3.8) is 0 Å². The van der Waals surface area contributed by atoms with Gasteiger partial charge >= 0.3 is 5.97 Å². The van der Waals surface area contributed by atoms with Crippen LogP contribution in [0.1, 0.15) is 33.6 Å². The summed E-state index contributed by atoms with van der Waals surface area (Å²) in [5, 5.41) is 18.4. The summed E-state index contributed by atoms with van der Waals surface area (Å²) < 4.78 is 5.66. The number of ether oxygens (including phenoxy) is 1. The Bertz CT molecular complexity index is 1270. The normalized spacial score (nSPS) is 10.4. The number of carbonyl (C=O) groups excluding carboxylic acids is 1. The lowest BCUT2D eigenvalue weighted by atomic mass is 9.99. The van der Waals surface area contributed by atoms with E-state index >= 15 is 0 Å². The number of aryl methyl sites for hydroxylation is 2. The maximum atomic E-state index is 13.4. The number of carboxylic acid groups (broad SMARTS) is 1. The Balaban J connectivity index is 1.96. The van der Waals surface area contributed by atoms with Gasteiger partial charge < -0.3 is 14.7 Å². The lowest BCUT2D eigenvalue weighted by molar-refractivity contribution is -0.137. The Kier molecular flexibility index (Phi) is 7.31. The zero-order valence-corrected chi connectivity index (χ0v) is 19.2. The summed E-state index contributed by atoms with van der Waals surface area (Å²) in [6, 6.07) is 14.0. The Labute approximate surface area is 196 Å². The van der Waals surface area contributed by atoms with Crippen LogP contribution in [0, 0.1) is 25.2 Å². The number of anilines is 1. The quantitative estimate of drug-likeness (QED) is 0.527. The molecule has 0 radical (unpaired) electrons. The summed E-state index contributed by atoms with van der Waals surface area (Å²) >= 11 is 6.43. The number of aliphatic carboxylic acids is 1. The third-order valence-corrected chi connectivity index (χ3v) is 5.47. The second-order valence-corrected chi connectivity index (χ2v) is 7.88. The molecule has 1 amide bonds. The van der Waals surface area contributed by atoms with Gasteiger partial charge in [0, 0.05) is 35.0 Å². The molecule has 0 saturated carbocycles. The zero-order chi connectivity index (χ0) is 24.1. The van der Waals surface area contributed by atoms with Crippen LogP contribution in [0.15, 0.2) is 48.7 Å². The first-order chi connectivity index (χ1) is 15.7. The number of hydrogen-bond acceptors (Lipinski definition) is 5.